The van der Waals surface area contributed by atoms with Crippen molar-refractivity contribution in [2.75, 3.05) is 26.2 Å². The lowest BCUT2D eigenvalue weighted by Gasteiger charge is -2.43. The zero-order valence-electron chi connectivity index (χ0n) is 30.3. The van der Waals surface area contributed by atoms with Crippen LogP contribution in [0.3, 0.4) is 0 Å². The number of nitrogens with zero attached hydrogens (tertiary/aromatic N) is 3. The number of thiophene rings is 1. The summed E-state index contributed by atoms with van der Waals surface area (Å²) in [6.07, 6.45) is -3.77. The van der Waals surface area contributed by atoms with Crippen molar-refractivity contribution >= 4 is 29.9 Å². The quantitative estimate of drug-likeness (QED) is 0.241. The number of pyridine rings is 1. The molecule has 0 spiro atoms. The minimum atomic E-state index is -4.69. The number of carbonyl (C=O) groups is 3. The zero-order chi connectivity index (χ0) is 39.6. The first-order chi connectivity index (χ1) is 24.9. The number of para-hydroxylation sites is 1. The first-order valence-corrected chi connectivity index (χ1v) is 18.3. The molecule has 1 aromatic carbocycles. The summed E-state index contributed by atoms with van der Waals surface area (Å²) in [6.45, 7) is 12.5. The number of alkyl halides is 6. The Morgan fingerprint density at radius 3 is 2.17 bits per heavy atom. The second kappa shape index (κ2) is 18.8. The number of carbonyl (C=O) groups excluding carboxylic acids is 3. The van der Waals surface area contributed by atoms with Crippen LogP contribution in [-0.2, 0) is 21.9 Å². The third-order valence-corrected chi connectivity index (χ3v) is 9.91. The number of piperidine rings is 2. The molecule has 2 atom stereocenters. The molecule has 8 nitrogen and oxygen atoms in total. The van der Waals surface area contributed by atoms with Crippen molar-refractivity contribution < 1.29 is 50.6 Å². The summed E-state index contributed by atoms with van der Waals surface area (Å²) < 4.78 is 82.3. The number of halogens is 6. The maximum absolute atomic E-state index is 13.9. The fourth-order valence-corrected chi connectivity index (χ4v) is 7.19. The van der Waals surface area contributed by atoms with Gasteiger partial charge in [0.15, 0.2) is 0 Å². The maximum Gasteiger partial charge on any atom is 0.425 e. The minimum absolute atomic E-state index is 0.00580. The van der Waals surface area contributed by atoms with Crippen molar-refractivity contribution in [3.8, 4) is 11.5 Å². The molecule has 4 heterocycles. The molecule has 2 aliphatic heterocycles. The fraction of sp³-hybridized carbons (Fsp3) is 0.526. The number of aromatic hydroxyl groups is 1. The van der Waals surface area contributed by atoms with Gasteiger partial charge in [0.1, 0.15) is 28.9 Å². The van der Waals surface area contributed by atoms with Crippen LogP contribution in [0.2, 0.25) is 0 Å². The summed E-state index contributed by atoms with van der Waals surface area (Å²) >= 11 is 0.481. The van der Waals surface area contributed by atoms with E-state index in [2.05, 4.69) is 31.8 Å². The van der Waals surface area contributed by atoms with Crippen LogP contribution in [0.25, 0.3) is 0 Å². The predicted octanol–water partition coefficient (Wildman–Crippen LogP) is 9.24. The maximum atomic E-state index is 13.9. The molecule has 2 unspecified atom stereocenters. The summed E-state index contributed by atoms with van der Waals surface area (Å²) in [5, 5.41) is 9.57. The zero-order valence-corrected chi connectivity index (χ0v) is 31.1. The predicted molar refractivity (Wildman–Crippen MR) is 190 cm³/mol. The van der Waals surface area contributed by atoms with E-state index in [1.807, 2.05) is 36.8 Å². The molecular formula is C38H47F6N3O5S. The number of rotatable bonds is 7. The lowest BCUT2D eigenvalue weighted by molar-refractivity contribution is -0.141. The number of likely N-dealkylation sites (tertiary alicyclic amines) is 2. The van der Waals surface area contributed by atoms with Gasteiger partial charge in [-0.05, 0) is 67.2 Å². The van der Waals surface area contributed by atoms with E-state index in [1.54, 1.807) is 0 Å². The lowest BCUT2D eigenvalue weighted by atomic mass is 9.83. The SMILES string of the molecule is C=O.CCCC1C(C(=O)N2CCC(c3ccccc3OCC(C)(C)C)CC2)CCCN1C(=O)c1ncccc1C(F)(F)F.Oc1csc(C(F)(F)F)c1. The van der Waals surface area contributed by atoms with Gasteiger partial charge in [0, 0.05) is 43.3 Å². The van der Waals surface area contributed by atoms with E-state index in [1.165, 1.54) is 17.2 Å². The number of hydrogen-bond acceptors (Lipinski definition) is 7. The van der Waals surface area contributed by atoms with Gasteiger partial charge < -0.3 is 24.4 Å². The van der Waals surface area contributed by atoms with E-state index in [0.717, 1.165) is 35.6 Å². The molecule has 53 heavy (non-hydrogen) atoms. The topological polar surface area (TPSA) is 100 Å². The molecule has 0 saturated carbocycles. The minimum Gasteiger partial charge on any atom is -0.507 e. The summed E-state index contributed by atoms with van der Waals surface area (Å²) in [5.74, 6) is -0.365. The highest BCUT2D eigenvalue weighted by Gasteiger charge is 2.43. The van der Waals surface area contributed by atoms with Crippen LogP contribution in [-0.4, -0.2) is 70.8 Å². The third-order valence-electron chi connectivity index (χ3n) is 8.95. The Labute approximate surface area is 310 Å². The van der Waals surface area contributed by atoms with Crippen LogP contribution in [0.15, 0.2) is 54.0 Å². The second-order valence-electron chi connectivity index (χ2n) is 14.2. The van der Waals surface area contributed by atoms with Crippen LogP contribution >= 0.6 is 11.3 Å². The molecule has 2 aromatic heterocycles. The molecule has 2 fully saturated rings. The lowest BCUT2D eigenvalue weighted by Crippen LogP contribution is -2.54. The molecule has 0 radical (unpaired) electrons. The Morgan fingerprint density at radius 1 is 0.962 bits per heavy atom. The Bertz CT molecular complexity index is 1630. The third kappa shape index (κ3) is 11.9. The normalized spacial score (nSPS) is 18.3. The highest BCUT2D eigenvalue weighted by molar-refractivity contribution is 7.10. The van der Waals surface area contributed by atoms with Gasteiger partial charge in [0.2, 0.25) is 5.91 Å². The van der Waals surface area contributed by atoms with Gasteiger partial charge in [-0.15, -0.1) is 11.3 Å². The molecule has 0 bridgehead atoms. The Balaban J connectivity index is 0.000000539. The summed E-state index contributed by atoms with van der Waals surface area (Å²) in [4.78, 5) is 41.7. The van der Waals surface area contributed by atoms with Gasteiger partial charge in [-0.2, -0.15) is 26.3 Å². The molecule has 5 rings (SSSR count). The summed E-state index contributed by atoms with van der Waals surface area (Å²) in [6, 6.07) is 10.4. The Morgan fingerprint density at radius 2 is 1.62 bits per heavy atom. The first-order valence-electron chi connectivity index (χ1n) is 17.4. The van der Waals surface area contributed by atoms with Crippen molar-refractivity contribution in [3.05, 3.63) is 75.7 Å². The van der Waals surface area contributed by atoms with Crippen molar-refractivity contribution in [2.45, 2.75) is 90.5 Å². The molecule has 2 saturated heterocycles. The molecule has 2 amide bonds. The molecule has 292 valence electrons. The number of benzene rings is 1. The van der Waals surface area contributed by atoms with Crippen LogP contribution < -0.4 is 4.74 Å². The van der Waals surface area contributed by atoms with Crippen molar-refractivity contribution in [3.63, 3.8) is 0 Å². The van der Waals surface area contributed by atoms with Gasteiger partial charge in [0.05, 0.1) is 18.1 Å². The molecule has 0 aliphatic carbocycles. The molecule has 2 aliphatic rings. The van der Waals surface area contributed by atoms with Crippen LogP contribution in [0.5, 0.6) is 11.5 Å². The molecule has 15 heteroatoms. The molecular weight excluding hydrogens is 724 g/mol. The van der Waals surface area contributed by atoms with Crippen molar-refractivity contribution in [1.82, 2.24) is 14.8 Å². The number of aromatic nitrogens is 1. The molecule has 3 aromatic rings. The first kappa shape index (κ1) is 43.3. The number of hydrogen-bond donors (Lipinski definition) is 1. The van der Waals surface area contributed by atoms with Crippen LogP contribution in [0.4, 0.5) is 26.3 Å². The fourth-order valence-electron chi connectivity index (χ4n) is 6.55. The molecule has 1 N–H and O–H groups in total. The van der Waals surface area contributed by atoms with Crippen molar-refractivity contribution in [2.24, 2.45) is 11.3 Å². The Kier molecular flexibility index (Phi) is 15.3. The largest absolute Gasteiger partial charge is 0.507 e. The van der Waals surface area contributed by atoms with Gasteiger partial charge in [-0.1, -0.05) is 52.3 Å². The summed E-state index contributed by atoms with van der Waals surface area (Å²) in [5.41, 5.74) is -0.430. The number of amides is 2. The van der Waals surface area contributed by atoms with E-state index in [-0.39, 0.29) is 23.0 Å². The highest BCUT2D eigenvalue weighted by atomic mass is 32.1. The second-order valence-corrected chi connectivity index (χ2v) is 15.1. The smallest absolute Gasteiger partial charge is 0.425 e. The monoisotopic (exact) mass is 771 g/mol. The van der Waals surface area contributed by atoms with Crippen molar-refractivity contribution in [1.29, 1.82) is 0 Å². The average molecular weight is 772 g/mol. The van der Waals surface area contributed by atoms with Crippen LogP contribution in [0.1, 0.15) is 98.6 Å². The van der Waals surface area contributed by atoms with E-state index in [0.29, 0.717) is 69.3 Å². The van der Waals surface area contributed by atoms with E-state index in [9.17, 15) is 35.9 Å². The van der Waals surface area contributed by atoms with Gasteiger partial charge in [-0.25, -0.2) is 0 Å². The van der Waals surface area contributed by atoms with E-state index in [4.69, 9.17) is 14.6 Å². The highest BCUT2D eigenvalue weighted by Crippen LogP contribution is 2.38. The van der Waals surface area contributed by atoms with E-state index >= 15 is 0 Å². The van der Waals surface area contributed by atoms with Gasteiger partial charge >= 0.3 is 12.4 Å². The van der Waals surface area contributed by atoms with Crippen LogP contribution in [0, 0.1) is 11.3 Å². The summed E-state index contributed by atoms with van der Waals surface area (Å²) in [7, 11) is 0. The average Bonchev–Trinajstić information content (AvgIpc) is 3.58. The number of ether oxygens (including phenoxy) is 1. The van der Waals surface area contributed by atoms with Gasteiger partial charge in [0.25, 0.3) is 5.91 Å². The Hall–Kier alpha value is -4.14. The standard InChI is InChI=1S/C32H42F3N3O3.C5H3F3OS.CH2O/c1-5-10-26-24(12-9-18-38(26)30(40)28-25(32(33,34)35)13-8-17-36-28)29(39)37-19-15-22(16-20-37)23-11-6-7-14-27(23)41-21-31(2,3)4;6-5(7,8)4-1-3(9)2-10-4;1-2/h6-8,11,13-14,17,22,24,26H,5,9-10,12,15-16,18-21H2,1-4H3;1-2,9H;1H2. The van der Waals surface area contributed by atoms with Gasteiger partial charge in [-0.3, -0.25) is 14.6 Å². The van der Waals surface area contributed by atoms with E-state index < -0.39 is 46.4 Å².